The molecule has 0 radical (unpaired) electrons. The van der Waals surface area contributed by atoms with E-state index in [4.69, 9.17) is 4.74 Å². The SMILES string of the molecule is CCC(CC)(CNC(=NC)NCc1sc(C)nc1C)NC(=O)OC(C)(C)C. The van der Waals surface area contributed by atoms with Crippen LogP contribution in [0.1, 0.15) is 63.0 Å². The van der Waals surface area contributed by atoms with Crippen molar-refractivity contribution in [2.75, 3.05) is 13.6 Å². The van der Waals surface area contributed by atoms with E-state index in [1.165, 1.54) is 4.88 Å². The highest BCUT2D eigenvalue weighted by atomic mass is 32.1. The summed E-state index contributed by atoms with van der Waals surface area (Å²) in [5.74, 6) is 0.692. The number of carbonyl (C=O) groups is 1. The fourth-order valence-corrected chi connectivity index (χ4v) is 3.49. The number of rotatable bonds is 7. The lowest BCUT2D eigenvalue weighted by molar-refractivity contribution is 0.0448. The van der Waals surface area contributed by atoms with Gasteiger partial charge >= 0.3 is 6.09 Å². The zero-order valence-electron chi connectivity index (χ0n) is 17.9. The third kappa shape index (κ3) is 7.74. The Kier molecular flexibility index (Phi) is 8.53. The fourth-order valence-electron chi connectivity index (χ4n) is 2.62. The minimum absolute atomic E-state index is 0.397. The number of nitrogens with zero attached hydrogens (tertiary/aromatic N) is 2. The first-order valence-electron chi connectivity index (χ1n) is 9.42. The zero-order valence-corrected chi connectivity index (χ0v) is 18.8. The molecule has 1 rings (SSSR count). The standard InChI is InChI=1S/C19H35N5O2S/c1-9-19(10-2,24-17(25)26-18(5,6)7)12-22-16(20-8)21-11-15-13(3)23-14(4)27-15/h9-12H2,1-8H3,(H,24,25)(H2,20,21,22). The van der Waals surface area contributed by atoms with Crippen LogP contribution < -0.4 is 16.0 Å². The Balaban J connectivity index is 2.67. The number of thiazole rings is 1. The highest BCUT2D eigenvalue weighted by molar-refractivity contribution is 7.11. The van der Waals surface area contributed by atoms with E-state index in [9.17, 15) is 4.79 Å². The molecule has 0 spiro atoms. The van der Waals surface area contributed by atoms with Gasteiger partial charge in [-0.15, -0.1) is 11.3 Å². The summed E-state index contributed by atoms with van der Waals surface area (Å²) in [6.07, 6.45) is 1.16. The molecule has 0 aliphatic rings. The number of amides is 1. The largest absolute Gasteiger partial charge is 0.444 e. The smallest absolute Gasteiger partial charge is 0.408 e. The fraction of sp³-hybridized carbons (Fsp3) is 0.737. The molecule has 7 nitrogen and oxygen atoms in total. The number of aromatic nitrogens is 1. The van der Waals surface area contributed by atoms with Gasteiger partial charge in [0.25, 0.3) is 0 Å². The van der Waals surface area contributed by atoms with E-state index in [2.05, 4.69) is 39.8 Å². The molecule has 154 valence electrons. The van der Waals surface area contributed by atoms with E-state index in [1.807, 2.05) is 34.6 Å². The Hall–Kier alpha value is -1.83. The number of hydrogen-bond donors (Lipinski definition) is 3. The van der Waals surface area contributed by atoms with Gasteiger partial charge in [0.2, 0.25) is 0 Å². The number of alkyl carbamates (subject to hydrolysis) is 1. The van der Waals surface area contributed by atoms with Crippen molar-refractivity contribution in [3.8, 4) is 0 Å². The van der Waals surface area contributed by atoms with E-state index in [0.717, 1.165) is 23.5 Å². The summed E-state index contributed by atoms with van der Waals surface area (Å²) in [5, 5.41) is 10.7. The van der Waals surface area contributed by atoms with Crippen LogP contribution in [0.5, 0.6) is 0 Å². The van der Waals surface area contributed by atoms with E-state index in [0.29, 0.717) is 19.0 Å². The summed E-state index contributed by atoms with van der Waals surface area (Å²) in [6, 6.07) is 0. The number of nitrogens with one attached hydrogen (secondary N) is 3. The molecule has 0 aliphatic heterocycles. The number of aliphatic imine (C=N–C) groups is 1. The maximum atomic E-state index is 12.2. The van der Waals surface area contributed by atoms with Crippen LogP contribution in [0.4, 0.5) is 4.79 Å². The molecule has 0 aromatic carbocycles. The normalized spacial score (nSPS) is 12.7. The van der Waals surface area contributed by atoms with E-state index in [-0.39, 0.29) is 0 Å². The minimum Gasteiger partial charge on any atom is -0.444 e. The van der Waals surface area contributed by atoms with Gasteiger partial charge in [-0.1, -0.05) is 13.8 Å². The van der Waals surface area contributed by atoms with Crippen molar-refractivity contribution < 1.29 is 9.53 Å². The van der Waals surface area contributed by atoms with E-state index >= 15 is 0 Å². The van der Waals surface area contributed by atoms with Gasteiger partial charge in [0.15, 0.2) is 5.96 Å². The average molecular weight is 398 g/mol. The molecule has 0 fully saturated rings. The van der Waals surface area contributed by atoms with Crippen molar-refractivity contribution in [2.24, 2.45) is 4.99 Å². The summed E-state index contributed by atoms with van der Waals surface area (Å²) in [4.78, 5) is 22.2. The van der Waals surface area contributed by atoms with Gasteiger partial charge in [-0.2, -0.15) is 0 Å². The maximum Gasteiger partial charge on any atom is 0.408 e. The molecule has 8 heteroatoms. The monoisotopic (exact) mass is 397 g/mol. The van der Waals surface area contributed by atoms with Gasteiger partial charge in [-0.05, 0) is 47.5 Å². The minimum atomic E-state index is -0.521. The van der Waals surface area contributed by atoms with E-state index in [1.54, 1.807) is 18.4 Å². The molecular formula is C19H35N5O2S. The van der Waals surface area contributed by atoms with Crippen LogP contribution in [0.25, 0.3) is 0 Å². The van der Waals surface area contributed by atoms with Crippen LogP contribution in [0.2, 0.25) is 0 Å². The summed E-state index contributed by atoms with van der Waals surface area (Å²) in [5.41, 5.74) is 0.118. The molecule has 1 amide bonds. The molecule has 0 aliphatic carbocycles. The van der Waals surface area contributed by atoms with Gasteiger partial charge in [-0.3, -0.25) is 4.99 Å². The van der Waals surface area contributed by atoms with E-state index < -0.39 is 17.2 Å². The van der Waals surface area contributed by atoms with Gasteiger partial charge in [0.1, 0.15) is 5.60 Å². The number of guanidine groups is 1. The first-order valence-corrected chi connectivity index (χ1v) is 10.2. The zero-order chi connectivity index (χ0) is 20.7. The molecule has 0 unspecified atom stereocenters. The molecule has 0 saturated heterocycles. The van der Waals surface area contributed by atoms with Crippen molar-refractivity contribution in [1.82, 2.24) is 20.9 Å². The molecule has 0 atom stereocenters. The summed E-state index contributed by atoms with van der Waals surface area (Å²) >= 11 is 1.68. The summed E-state index contributed by atoms with van der Waals surface area (Å²) in [6.45, 7) is 14.9. The van der Waals surface area contributed by atoms with Gasteiger partial charge < -0.3 is 20.7 Å². The highest BCUT2D eigenvalue weighted by Crippen LogP contribution is 2.17. The first-order chi connectivity index (χ1) is 12.5. The lowest BCUT2D eigenvalue weighted by Crippen LogP contribution is -2.57. The second kappa shape index (κ2) is 9.92. The molecule has 27 heavy (non-hydrogen) atoms. The molecule has 1 aromatic rings. The topological polar surface area (TPSA) is 87.6 Å². The molecule has 1 aromatic heterocycles. The summed E-state index contributed by atoms with van der Waals surface area (Å²) in [7, 11) is 1.74. The van der Waals surface area contributed by atoms with Gasteiger partial charge in [0, 0.05) is 18.5 Å². The number of ether oxygens (including phenoxy) is 1. The van der Waals surface area contributed by atoms with Crippen molar-refractivity contribution in [3.05, 3.63) is 15.6 Å². The van der Waals surface area contributed by atoms with Crippen molar-refractivity contribution in [1.29, 1.82) is 0 Å². The van der Waals surface area contributed by atoms with Crippen molar-refractivity contribution >= 4 is 23.4 Å². The second-order valence-electron chi connectivity index (χ2n) is 7.64. The van der Waals surface area contributed by atoms with Gasteiger partial charge in [0.05, 0.1) is 22.8 Å². The predicted molar refractivity (Wildman–Crippen MR) is 112 cm³/mol. The third-order valence-corrected chi connectivity index (χ3v) is 5.43. The molecular weight excluding hydrogens is 362 g/mol. The summed E-state index contributed by atoms with van der Waals surface area (Å²) < 4.78 is 5.42. The van der Waals surface area contributed by atoms with Crippen LogP contribution >= 0.6 is 11.3 Å². The van der Waals surface area contributed by atoms with Crippen LogP contribution in [0.3, 0.4) is 0 Å². The Morgan fingerprint density at radius 1 is 1.19 bits per heavy atom. The van der Waals surface area contributed by atoms with Crippen LogP contribution in [-0.2, 0) is 11.3 Å². The number of carbonyl (C=O) groups excluding carboxylic acids is 1. The maximum absolute atomic E-state index is 12.2. The lowest BCUT2D eigenvalue weighted by Gasteiger charge is -2.34. The lowest BCUT2D eigenvalue weighted by atomic mass is 9.93. The Bertz CT molecular complexity index is 645. The Morgan fingerprint density at radius 3 is 2.26 bits per heavy atom. The Morgan fingerprint density at radius 2 is 1.81 bits per heavy atom. The Labute approximate surface area is 167 Å². The second-order valence-corrected chi connectivity index (χ2v) is 8.92. The quantitative estimate of drug-likeness (QED) is 0.484. The average Bonchev–Trinajstić information content (AvgIpc) is 2.89. The molecule has 0 bridgehead atoms. The molecule has 3 N–H and O–H groups in total. The van der Waals surface area contributed by atoms with Crippen LogP contribution in [-0.4, -0.2) is 41.8 Å². The molecule has 1 heterocycles. The highest BCUT2D eigenvalue weighted by Gasteiger charge is 2.30. The molecule has 0 saturated carbocycles. The number of hydrogen-bond acceptors (Lipinski definition) is 5. The predicted octanol–water partition coefficient (Wildman–Crippen LogP) is 3.51. The number of aryl methyl sites for hydroxylation is 2. The third-order valence-electron chi connectivity index (χ3n) is 4.35. The van der Waals surface area contributed by atoms with Crippen LogP contribution in [0, 0.1) is 13.8 Å². The first kappa shape index (κ1) is 23.2. The van der Waals surface area contributed by atoms with Gasteiger partial charge in [-0.25, -0.2) is 9.78 Å². The van der Waals surface area contributed by atoms with Crippen LogP contribution in [0.15, 0.2) is 4.99 Å². The van der Waals surface area contributed by atoms with Crippen molar-refractivity contribution in [2.45, 2.75) is 79.0 Å². The van der Waals surface area contributed by atoms with Crippen molar-refractivity contribution in [3.63, 3.8) is 0 Å².